The number of aromatic nitrogens is 1. The van der Waals surface area contributed by atoms with Crippen LogP contribution in [-0.2, 0) is 0 Å². The Balaban J connectivity index is 3.15. The number of carbonyl (C=O) groups is 1. The summed E-state index contributed by atoms with van der Waals surface area (Å²) in [6, 6.07) is 1.76. The van der Waals surface area contributed by atoms with Crippen molar-refractivity contribution in [2.75, 3.05) is 0 Å². The minimum absolute atomic E-state index is 0.0255. The van der Waals surface area contributed by atoms with E-state index in [2.05, 4.69) is 4.98 Å². The average molecular weight is 212 g/mol. The van der Waals surface area contributed by atoms with E-state index < -0.39 is 5.41 Å². The van der Waals surface area contributed by atoms with Crippen LogP contribution in [-0.4, -0.2) is 10.8 Å². The predicted octanol–water partition coefficient (Wildman–Crippen LogP) is 3.27. The first kappa shape index (κ1) is 11.2. The van der Waals surface area contributed by atoms with Crippen LogP contribution >= 0.6 is 11.6 Å². The lowest BCUT2D eigenvalue weighted by atomic mass is 9.88. The minimum atomic E-state index is -0.439. The molecule has 1 rings (SSSR count). The van der Waals surface area contributed by atoms with Gasteiger partial charge in [-0.05, 0) is 18.6 Å². The molecule has 0 unspecified atom stereocenters. The molecule has 0 aliphatic heterocycles. The van der Waals surface area contributed by atoms with Crippen molar-refractivity contribution in [3.8, 4) is 0 Å². The summed E-state index contributed by atoms with van der Waals surface area (Å²) < 4.78 is 0. The lowest BCUT2D eigenvalue weighted by Crippen LogP contribution is -2.21. The molecule has 1 aromatic rings. The van der Waals surface area contributed by atoms with E-state index in [1.54, 1.807) is 12.3 Å². The first-order valence-corrected chi connectivity index (χ1v) is 4.87. The number of Topliss-reactive ketones (excluding diaryl/α,β-unsaturated/α-hetero) is 1. The highest BCUT2D eigenvalue weighted by Gasteiger charge is 2.25. The Hall–Kier alpha value is -0.890. The Labute approximate surface area is 89.3 Å². The highest BCUT2D eigenvalue weighted by atomic mass is 35.5. The molecule has 0 radical (unpaired) electrons. The third kappa shape index (κ3) is 2.32. The van der Waals surface area contributed by atoms with Crippen molar-refractivity contribution in [3.63, 3.8) is 0 Å². The molecule has 0 atom stereocenters. The van der Waals surface area contributed by atoms with Gasteiger partial charge in [-0.2, -0.15) is 0 Å². The molecule has 0 spiro atoms. The van der Waals surface area contributed by atoms with Crippen molar-refractivity contribution in [1.82, 2.24) is 4.98 Å². The van der Waals surface area contributed by atoms with E-state index in [0.717, 1.165) is 5.56 Å². The Morgan fingerprint density at radius 3 is 2.43 bits per heavy atom. The van der Waals surface area contributed by atoms with Gasteiger partial charge >= 0.3 is 0 Å². The number of pyridine rings is 1. The van der Waals surface area contributed by atoms with Crippen LogP contribution in [0.2, 0.25) is 5.02 Å². The largest absolute Gasteiger partial charge is 0.292 e. The fourth-order valence-corrected chi connectivity index (χ4v) is 1.36. The summed E-state index contributed by atoms with van der Waals surface area (Å²) in [5.74, 6) is -0.0255. The van der Waals surface area contributed by atoms with E-state index >= 15 is 0 Å². The van der Waals surface area contributed by atoms with E-state index in [-0.39, 0.29) is 5.78 Å². The normalized spacial score (nSPS) is 11.5. The molecule has 1 heterocycles. The van der Waals surface area contributed by atoms with Crippen LogP contribution in [0.1, 0.15) is 36.8 Å². The van der Waals surface area contributed by atoms with E-state index in [4.69, 9.17) is 11.6 Å². The molecule has 0 saturated heterocycles. The first-order valence-electron chi connectivity index (χ1n) is 4.49. The van der Waals surface area contributed by atoms with Gasteiger partial charge in [0.1, 0.15) is 5.69 Å². The zero-order chi connectivity index (χ0) is 10.9. The number of hydrogen-bond donors (Lipinski definition) is 0. The number of ketones is 1. The van der Waals surface area contributed by atoms with Crippen LogP contribution in [0.5, 0.6) is 0 Å². The van der Waals surface area contributed by atoms with Crippen LogP contribution in [0.15, 0.2) is 12.3 Å². The lowest BCUT2D eigenvalue weighted by molar-refractivity contribution is 0.0853. The number of hydrogen-bond acceptors (Lipinski definition) is 2. The fourth-order valence-electron chi connectivity index (χ4n) is 1.06. The minimum Gasteiger partial charge on any atom is -0.292 e. The summed E-state index contributed by atoms with van der Waals surface area (Å²) in [6.45, 7) is 7.46. The quantitative estimate of drug-likeness (QED) is 0.668. The van der Waals surface area contributed by atoms with Gasteiger partial charge in [0.15, 0.2) is 5.78 Å². The monoisotopic (exact) mass is 211 g/mol. The second-order valence-electron chi connectivity index (χ2n) is 4.42. The van der Waals surface area contributed by atoms with E-state index in [1.807, 2.05) is 27.7 Å². The van der Waals surface area contributed by atoms with Crippen molar-refractivity contribution in [1.29, 1.82) is 0 Å². The summed E-state index contributed by atoms with van der Waals surface area (Å²) >= 11 is 5.95. The summed E-state index contributed by atoms with van der Waals surface area (Å²) in [7, 11) is 0. The molecule has 3 heteroatoms. The summed E-state index contributed by atoms with van der Waals surface area (Å²) in [5, 5.41) is 0.435. The third-order valence-electron chi connectivity index (χ3n) is 1.87. The smallest absolute Gasteiger partial charge is 0.187 e. The Kier molecular flexibility index (Phi) is 2.95. The molecule has 0 fully saturated rings. The molecule has 0 aliphatic rings. The topological polar surface area (TPSA) is 30.0 Å². The van der Waals surface area contributed by atoms with Crippen molar-refractivity contribution >= 4 is 17.4 Å². The van der Waals surface area contributed by atoms with Crippen LogP contribution in [0.3, 0.4) is 0 Å². The predicted molar refractivity (Wildman–Crippen MR) is 57.8 cm³/mol. The standard InChI is InChI=1S/C11H14ClNO/c1-7-5-8(12)9(13-6-7)10(14)11(2,3)4/h5-6H,1-4H3. The number of halogens is 1. The van der Waals surface area contributed by atoms with E-state index in [1.165, 1.54) is 0 Å². The second-order valence-corrected chi connectivity index (χ2v) is 4.83. The van der Waals surface area contributed by atoms with Gasteiger partial charge < -0.3 is 0 Å². The number of rotatable bonds is 1. The van der Waals surface area contributed by atoms with Gasteiger partial charge in [-0.3, -0.25) is 9.78 Å². The Bertz CT molecular complexity index is 366. The van der Waals surface area contributed by atoms with E-state index in [0.29, 0.717) is 10.7 Å². The average Bonchev–Trinajstić information content (AvgIpc) is 2.01. The molecule has 0 N–H and O–H groups in total. The van der Waals surface area contributed by atoms with Gasteiger partial charge in [0.05, 0.1) is 5.02 Å². The number of aryl methyl sites for hydroxylation is 1. The zero-order valence-corrected chi connectivity index (χ0v) is 9.64. The Morgan fingerprint density at radius 1 is 1.43 bits per heavy atom. The molecular formula is C11H14ClNO. The van der Waals surface area contributed by atoms with E-state index in [9.17, 15) is 4.79 Å². The third-order valence-corrected chi connectivity index (χ3v) is 2.16. The van der Waals surface area contributed by atoms with Crippen LogP contribution in [0.4, 0.5) is 0 Å². The number of carbonyl (C=O) groups excluding carboxylic acids is 1. The van der Waals surface area contributed by atoms with Crippen molar-refractivity contribution in [3.05, 3.63) is 28.5 Å². The molecule has 2 nitrogen and oxygen atoms in total. The molecular weight excluding hydrogens is 198 g/mol. The summed E-state index contributed by atoms with van der Waals surface area (Å²) in [4.78, 5) is 15.9. The molecule has 0 amide bonds. The maximum Gasteiger partial charge on any atom is 0.187 e. The van der Waals surface area contributed by atoms with Gasteiger partial charge in [-0.25, -0.2) is 0 Å². The maximum absolute atomic E-state index is 11.9. The van der Waals surface area contributed by atoms with Crippen LogP contribution in [0.25, 0.3) is 0 Å². The highest BCUT2D eigenvalue weighted by Crippen LogP contribution is 2.24. The SMILES string of the molecule is Cc1cnc(C(=O)C(C)(C)C)c(Cl)c1. The molecule has 76 valence electrons. The molecule has 0 saturated carbocycles. The molecule has 14 heavy (non-hydrogen) atoms. The fraction of sp³-hybridized carbons (Fsp3) is 0.455. The zero-order valence-electron chi connectivity index (χ0n) is 8.89. The summed E-state index contributed by atoms with van der Waals surface area (Å²) in [6.07, 6.45) is 1.66. The van der Waals surface area contributed by atoms with Crippen molar-refractivity contribution in [2.45, 2.75) is 27.7 Å². The van der Waals surface area contributed by atoms with Gasteiger partial charge in [0.2, 0.25) is 0 Å². The van der Waals surface area contributed by atoms with Gasteiger partial charge in [0.25, 0.3) is 0 Å². The number of nitrogens with zero attached hydrogens (tertiary/aromatic N) is 1. The van der Waals surface area contributed by atoms with Crippen molar-refractivity contribution < 1.29 is 4.79 Å². The van der Waals surface area contributed by atoms with Gasteiger partial charge in [0, 0.05) is 11.6 Å². The maximum atomic E-state index is 11.9. The van der Waals surface area contributed by atoms with Crippen LogP contribution < -0.4 is 0 Å². The second kappa shape index (κ2) is 3.70. The summed E-state index contributed by atoms with van der Waals surface area (Å²) in [5.41, 5.74) is 0.886. The highest BCUT2D eigenvalue weighted by molar-refractivity contribution is 6.33. The first-order chi connectivity index (χ1) is 6.32. The van der Waals surface area contributed by atoms with Gasteiger partial charge in [-0.15, -0.1) is 0 Å². The lowest BCUT2D eigenvalue weighted by Gasteiger charge is -2.16. The Morgan fingerprint density at radius 2 is 2.00 bits per heavy atom. The molecule has 0 aliphatic carbocycles. The molecule has 0 aromatic carbocycles. The molecule has 1 aromatic heterocycles. The van der Waals surface area contributed by atoms with Gasteiger partial charge in [-0.1, -0.05) is 32.4 Å². The van der Waals surface area contributed by atoms with Crippen LogP contribution in [0, 0.1) is 12.3 Å². The van der Waals surface area contributed by atoms with Crippen molar-refractivity contribution in [2.24, 2.45) is 5.41 Å². The molecule has 0 bridgehead atoms.